The molecule has 0 aromatic heterocycles. The van der Waals surface area contributed by atoms with E-state index in [-0.39, 0.29) is 36.4 Å². The number of rotatable bonds is 9. The number of hydrogen-bond donors (Lipinski definition) is 1. The fraction of sp³-hybridized carbons (Fsp3) is 0.500. The molecule has 0 heterocycles. The zero-order valence-corrected chi connectivity index (χ0v) is 21.5. The van der Waals surface area contributed by atoms with Crippen molar-refractivity contribution in [1.82, 2.24) is 10.2 Å². The summed E-state index contributed by atoms with van der Waals surface area (Å²) in [6.45, 7) is 8.49. The van der Waals surface area contributed by atoms with Crippen LogP contribution in [0.25, 0.3) is 0 Å². The Hall–Kier alpha value is -2.53. The number of hydrogen-bond acceptors (Lipinski definition) is 3. The highest BCUT2D eigenvalue weighted by atomic mass is 35.5. The van der Waals surface area contributed by atoms with E-state index in [0.717, 1.165) is 31.2 Å². The summed E-state index contributed by atoms with van der Waals surface area (Å²) in [6.07, 6.45) is 4.76. The van der Waals surface area contributed by atoms with Crippen molar-refractivity contribution in [1.29, 1.82) is 0 Å². The SMILES string of the molecule is CCC(C(=O)NC1CCCC1)N(Cc1ccccc1Cl)C(=O)COc1ccc(C(C)(C)C)cc1. The zero-order chi connectivity index (χ0) is 24.7. The van der Waals surface area contributed by atoms with Gasteiger partial charge in [-0.3, -0.25) is 9.59 Å². The topological polar surface area (TPSA) is 58.6 Å². The predicted molar refractivity (Wildman–Crippen MR) is 137 cm³/mol. The number of nitrogens with one attached hydrogen (secondary N) is 1. The number of ether oxygens (including phenoxy) is 1. The van der Waals surface area contributed by atoms with Gasteiger partial charge in [0.2, 0.25) is 5.91 Å². The molecule has 5 nitrogen and oxygen atoms in total. The molecule has 1 saturated carbocycles. The number of benzene rings is 2. The number of halogens is 1. The third kappa shape index (κ3) is 6.99. The van der Waals surface area contributed by atoms with E-state index in [9.17, 15) is 9.59 Å². The molecule has 0 spiro atoms. The summed E-state index contributed by atoms with van der Waals surface area (Å²) in [4.78, 5) is 28.2. The molecule has 0 radical (unpaired) electrons. The maximum atomic E-state index is 13.4. The van der Waals surface area contributed by atoms with Crippen LogP contribution in [-0.2, 0) is 21.5 Å². The largest absolute Gasteiger partial charge is 0.484 e. The Balaban J connectivity index is 1.75. The Bertz CT molecular complexity index is 962. The number of carbonyl (C=O) groups excluding carboxylic acids is 2. The summed E-state index contributed by atoms with van der Waals surface area (Å²) < 4.78 is 5.84. The van der Waals surface area contributed by atoms with Gasteiger partial charge in [-0.25, -0.2) is 0 Å². The van der Waals surface area contributed by atoms with E-state index in [1.165, 1.54) is 5.56 Å². The molecule has 0 aliphatic heterocycles. The fourth-order valence-corrected chi connectivity index (χ4v) is 4.57. The minimum Gasteiger partial charge on any atom is -0.484 e. The van der Waals surface area contributed by atoms with Crippen LogP contribution in [0.2, 0.25) is 5.02 Å². The van der Waals surface area contributed by atoms with Gasteiger partial charge in [0.05, 0.1) is 0 Å². The molecule has 1 aliphatic carbocycles. The van der Waals surface area contributed by atoms with E-state index in [2.05, 4.69) is 26.1 Å². The van der Waals surface area contributed by atoms with Crippen molar-refractivity contribution in [2.45, 2.75) is 83.8 Å². The zero-order valence-electron chi connectivity index (χ0n) is 20.8. The second-order valence-electron chi connectivity index (χ2n) is 10.1. The van der Waals surface area contributed by atoms with Crippen molar-refractivity contribution in [2.24, 2.45) is 0 Å². The summed E-state index contributed by atoms with van der Waals surface area (Å²) in [6, 6.07) is 14.8. The number of amides is 2. The molecule has 1 atom stereocenters. The molecule has 2 amide bonds. The minimum atomic E-state index is -0.587. The van der Waals surface area contributed by atoms with Crippen molar-refractivity contribution in [3.8, 4) is 5.75 Å². The summed E-state index contributed by atoms with van der Waals surface area (Å²) >= 11 is 6.39. The van der Waals surface area contributed by atoms with E-state index in [1.54, 1.807) is 11.0 Å². The van der Waals surface area contributed by atoms with Crippen LogP contribution in [0.4, 0.5) is 0 Å². The molecule has 6 heteroatoms. The molecule has 184 valence electrons. The Labute approximate surface area is 208 Å². The fourth-order valence-electron chi connectivity index (χ4n) is 4.38. The van der Waals surface area contributed by atoms with Crippen molar-refractivity contribution in [2.75, 3.05) is 6.61 Å². The molecule has 3 rings (SSSR count). The molecule has 1 N–H and O–H groups in total. The van der Waals surface area contributed by atoms with Crippen LogP contribution in [0.5, 0.6) is 5.75 Å². The van der Waals surface area contributed by atoms with E-state index in [0.29, 0.717) is 17.2 Å². The van der Waals surface area contributed by atoms with Crippen LogP contribution in [0.3, 0.4) is 0 Å². The second-order valence-corrected chi connectivity index (χ2v) is 10.5. The normalized spacial score (nSPS) is 15.1. The van der Waals surface area contributed by atoms with Crippen molar-refractivity contribution < 1.29 is 14.3 Å². The Morgan fingerprint density at radius 2 is 1.74 bits per heavy atom. The highest BCUT2D eigenvalue weighted by molar-refractivity contribution is 6.31. The van der Waals surface area contributed by atoms with Crippen LogP contribution in [0.15, 0.2) is 48.5 Å². The maximum Gasteiger partial charge on any atom is 0.261 e. The number of carbonyl (C=O) groups is 2. The van der Waals surface area contributed by atoms with Crippen LogP contribution in [0.1, 0.15) is 70.9 Å². The molecule has 1 fully saturated rings. The molecule has 0 saturated heterocycles. The van der Waals surface area contributed by atoms with E-state index in [4.69, 9.17) is 16.3 Å². The molecular weight excluding hydrogens is 448 g/mol. The van der Waals surface area contributed by atoms with Gasteiger partial charge in [-0.2, -0.15) is 0 Å². The van der Waals surface area contributed by atoms with Gasteiger partial charge in [0.15, 0.2) is 6.61 Å². The maximum absolute atomic E-state index is 13.4. The second kappa shape index (κ2) is 11.7. The Kier molecular flexibility index (Phi) is 9.01. The van der Waals surface area contributed by atoms with Crippen LogP contribution >= 0.6 is 11.6 Å². The summed E-state index contributed by atoms with van der Waals surface area (Å²) in [5, 5.41) is 3.73. The van der Waals surface area contributed by atoms with E-state index >= 15 is 0 Å². The summed E-state index contributed by atoms with van der Waals surface area (Å²) in [5.74, 6) is 0.278. The standard InChI is InChI=1S/C28H37ClN2O3/c1-5-25(27(33)30-22-11-7-8-12-22)31(18-20-10-6-9-13-24(20)29)26(32)19-34-23-16-14-21(15-17-23)28(2,3)4/h6,9-10,13-17,22,25H,5,7-8,11-12,18-19H2,1-4H3,(H,30,33). The first-order valence-corrected chi connectivity index (χ1v) is 12.6. The molecule has 1 aliphatic rings. The Morgan fingerprint density at radius 1 is 1.09 bits per heavy atom. The summed E-state index contributed by atoms with van der Waals surface area (Å²) in [7, 11) is 0. The van der Waals surface area contributed by atoms with Crippen LogP contribution in [0, 0.1) is 0 Å². The molecule has 2 aromatic carbocycles. The van der Waals surface area contributed by atoms with Gasteiger partial charge in [0, 0.05) is 17.6 Å². The van der Waals surface area contributed by atoms with Gasteiger partial charge in [-0.1, -0.05) is 82.5 Å². The predicted octanol–water partition coefficient (Wildman–Crippen LogP) is 5.88. The molecule has 1 unspecified atom stereocenters. The third-order valence-corrected chi connectivity index (χ3v) is 6.84. The first kappa shape index (κ1) is 26.1. The van der Waals surface area contributed by atoms with Gasteiger partial charge in [-0.05, 0) is 54.0 Å². The average molecular weight is 485 g/mol. The van der Waals surface area contributed by atoms with Gasteiger partial charge in [0.25, 0.3) is 5.91 Å². The van der Waals surface area contributed by atoms with Gasteiger partial charge in [-0.15, -0.1) is 0 Å². The van der Waals surface area contributed by atoms with E-state index in [1.807, 2.05) is 49.4 Å². The van der Waals surface area contributed by atoms with Gasteiger partial charge in [0.1, 0.15) is 11.8 Å². The van der Waals surface area contributed by atoms with Gasteiger partial charge >= 0.3 is 0 Å². The molecule has 0 bridgehead atoms. The van der Waals surface area contributed by atoms with Crippen molar-refractivity contribution >= 4 is 23.4 Å². The average Bonchev–Trinajstić information content (AvgIpc) is 3.31. The quantitative estimate of drug-likeness (QED) is 0.483. The van der Waals surface area contributed by atoms with Crippen molar-refractivity contribution in [3.63, 3.8) is 0 Å². The third-order valence-electron chi connectivity index (χ3n) is 6.47. The molecule has 34 heavy (non-hydrogen) atoms. The first-order chi connectivity index (χ1) is 16.2. The van der Waals surface area contributed by atoms with Gasteiger partial charge < -0.3 is 15.0 Å². The van der Waals surface area contributed by atoms with E-state index < -0.39 is 6.04 Å². The highest BCUT2D eigenvalue weighted by Crippen LogP contribution is 2.25. The lowest BCUT2D eigenvalue weighted by Gasteiger charge is -2.31. The van der Waals surface area contributed by atoms with Crippen LogP contribution in [-0.4, -0.2) is 35.4 Å². The first-order valence-electron chi connectivity index (χ1n) is 12.3. The van der Waals surface area contributed by atoms with Crippen molar-refractivity contribution in [3.05, 3.63) is 64.7 Å². The monoisotopic (exact) mass is 484 g/mol. The van der Waals surface area contributed by atoms with Crippen LogP contribution < -0.4 is 10.1 Å². The highest BCUT2D eigenvalue weighted by Gasteiger charge is 2.31. The number of nitrogens with zero attached hydrogens (tertiary/aromatic N) is 1. The lowest BCUT2D eigenvalue weighted by atomic mass is 9.87. The lowest BCUT2D eigenvalue weighted by molar-refractivity contribution is -0.143. The lowest BCUT2D eigenvalue weighted by Crippen LogP contribution is -2.52. The minimum absolute atomic E-state index is 0.0428. The smallest absolute Gasteiger partial charge is 0.261 e. The molecular formula is C28H37ClN2O3. The molecule has 2 aromatic rings. The summed E-state index contributed by atoms with van der Waals surface area (Å²) in [5.41, 5.74) is 2.04. The Morgan fingerprint density at radius 3 is 2.32 bits per heavy atom.